The van der Waals surface area contributed by atoms with Gasteiger partial charge in [-0.05, 0) is 12.8 Å². The molecule has 40 heavy (non-hydrogen) atoms. The summed E-state index contributed by atoms with van der Waals surface area (Å²) in [5.41, 5.74) is 0. The molecule has 0 saturated carbocycles. The highest BCUT2D eigenvalue weighted by molar-refractivity contribution is 5.69. The number of hydrogen-bond acceptors (Lipinski definition) is 10. The molecule has 0 radical (unpaired) electrons. The fourth-order valence-electron chi connectivity index (χ4n) is 3.43. The summed E-state index contributed by atoms with van der Waals surface area (Å²) >= 11 is 0. The first-order valence-electron chi connectivity index (χ1n) is 15.6. The Labute approximate surface area is 244 Å². The third-order valence-corrected chi connectivity index (χ3v) is 5.72. The van der Waals surface area contributed by atoms with Gasteiger partial charge in [0.25, 0.3) is 0 Å². The Morgan fingerprint density at radius 3 is 1.02 bits per heavy atom. The second kappa shape index (κ2) is 36.2. The summed E-state index contributed by atoms with van der Waals surface area (Å²) in [6.45, 7) is 13.4. The lowest BCUT2D eigenvalue weighted by Gasteiger charge is -2.09. The molecule has 0 aliphatic carbocycles. The zero-order chi connectivity index (χ0) is 29.0. The monoisotopic (exact) mass is 580 g/mol. The highest BCUT2D eigenvalue weighted by Crippen LogP contribution is 2.05. The molecular weight excluding hydrogens is 520 g/mol. The van der Waals surface area contributed by atoms with Crippen LogP contribution in [0.2, 0.25) is 0 Å². The molecule has 0 saturated heterocycles. The molecule has 0 amide bonds. The summed E-state index contributed by atoms with van der Waals surface area (Å²) in [5.74, 6) is -0.141. The summed E-state index contributed by atoms with van der Waals surface area (Å²) in [6.07, 6.45) is 11.0. The average Bonchev–Trinajstić information content (AvgIpc) is 2.96. The quantitative estimate of drug-likeness (QED) is 0.0781. The van der Waals surface area contributed by atoms with Gasteiger partial charge in [0.05, 0.1) is 99.1 Å². The van der Waals surface area contributed by atoms with Crippen molar-refractivity contribution < 1.29 is 47.4 Å². The van der Waals surface area contributed by atoms with Crippen molar-refractivity contribution in [2.45, 2.75) is 78.1 Å². The molecule has 0 bridgehead atoms. The number of unbranched alkanes of at least 4 members (excludes halogenated alkanes) is 7. The summed E-state index contributed by atoms with van der Waals surface area (Å²) in [6, 6.07) is 0. The first-order chi connectivity index (χ1) is 19.8. The average molecular weight is 581 g/mol. The van der Waals surface area contributed by atoms with Gasteiger partial charge in [0.1, 0.15) is 6.61 Å². The molecule has 0 N–H and O–H groups in total. The molecular formula is C30H60O10. The lowest BCUT2D eigenvalue weighted by Crippen LogP contribution is -2.15. The molecule has 0 heterocycles. The second-order valence-corrected chi connectivity index (χ2v) is 9.34. The zero-order valence-electron chi connectivity index (χ0n) is 25.7. The van der Waals surface area contributed by atoms with E-state index in [0.29, 0.717) is 112 Å². The van der Waals surface area contributed by atoms with Crippen LogP contribution in [0.3, 0.4) is 0 Å². The first kappa shape index (κ1) is 39.1. The third kappa shape index (κ3) is 35.2. The molecule has 0 aliphatic rings. The van der Waals surface area contributed by atoms with Gasteiger partial charge in [-0.25, -0.2) is 0 Å². The molecule has 240 valence electrons. The number of ether oxygens (including phenoxy) is 9. The normalized spacial score (nSPS) is 11.3. The van der Waals surface area contributed by atoms with Crippen LogP contribution in [-0.4, -0.2) is 118 Å². The standard InChI is InChI=1S/C30H60O10/c1-3-5-7-9-10-12-30(31)40-29-28-39-27-26-38-25-24-37-23-22-36-21-20-35-19-18-34-17-16-33-15-14-32-13-11-8-6-4-2/h3-29H2,1-2H3. The number of hydrogen-bond donors (Lipinski definition) is 0. The molecule has 0 aliphatic heterocycles. The van der Waals surface area contributed by atoms with Crippen LogP contribution in [0.25, 0.3) is 0 Å². The van der Waals surface area contributed by atoms with E-state index in [0.717, 1.165) is 25.9 Å². The van der Waals surface area contributed by atoms with E-state index in [4.69, 9.17) is 42.6 Å². The molecule has 0 aromatic heterocycles. The molecule has 0 aromatic rings. The fourth-order valence-corrected chi connectivity index (χ4v) is 3.43. The van der Waals surface area contributed by atoms with E-state index in [1.807, 2.05) is 0 Å². The van der Waals surface area contributed by atoms with Crippen molar-refractivity contribution in [3.8, 4) is 0 Å². The zero-order valence-corrected chi connectivity index (χ0v) is 25.7. The summed E-state index contributed by atoms with van der Waals surface area (Å²) in [4.78, 5) is 11.6. The van der Waals surface area contributed by atoms with Crippen molar-refractivity contribution >= 4 is 5.97 Å². The Morgan fingerprint density at radius 1 is 0.350 bits per heavy atom. The Morgan fingerprint density at radius 2 is 0.650 bits per heavy atom. The van der Waals surface area contributed by atoms with Crippen molar-refractivity contribution in [3.05, 3.63) is 0 Å². The van der Waals surface area contributed by atoms with Gasteiger partial charge in [-0.2, -0.15) is 0 Å². The van der Waals surface area contributed by atoms with E-state index in [1.54, 1.807) is 0 Å². The van der Waals surface area contributed by atoms with E-state index in [1.165, 1.54) is 38.5 Å². The van der Waals surface area contributed by atoms with Crippen LogP contribution < -0.4 is 0 Å². The highest BCUT2D eigenvalue weighted by Gasteiger charge is 2.02. The van der Waals surface area contributed by atoms with Crippen LogP contribution >= 0.6 is 0 Å². The molecule has 10 nitrogen and oxygen atoms in total. The van der Waals surface area contributed by atoms with Crippen molar-refractivity contribution in [1.29, 1.82) is 0 Å². The van der Waals surface area contributed by atoms with Gasteiger partial charge in [0.2, 0.25) is 0 Å². The topological polar surface area (TPSA) is 100 Å². The largest absolute Gasteiger partial charge is 0.463 e. The van der Waals surface area contributed by atoms with Crippen LogP contribution in [0.1, 0.15) is 78.1 Å². The molecule has 0 fully saturated rings. The van der Waals surface area contributed by atoms with Gasteiger partial charge in [0.15, 0.2) is 0 Å². The van der Waals surface area contributed by atoms with Crippen molar-refractivity contribution in [1.82, 2.24) is 0 Å². The van der Waals surface area contributed by atoms with Crippen LogP contribution in [0.15, 0.2) is 0 Å². The van der Waals surface area contributed by atoms with Crippen molar-refractivity contribution in [2.24, 2.45) is 0 Å². The van der Waals surface area contributed by atoms with Crippen LogP contribution in [0.4, 0.5) is 0 Å². The smallest absolute Gasteiger partial charge is 0.305 e. The molecule has 0 rings (SSSR count). The van der Waals surface area contributed by atoms with Crippen molar-refractivity contribution in [3.63, 3.8) is 0 Å². The number of carbonyl (C=O) groups excluding carboxylic acids is 1. The van der Waals surface area contributed by atoms with E-state index < -0.39 is 0 Å². The maximum absolute atomic E-state index is 11.6. The maximum atomic E-state index is 11.6. The Balaban J connectivity index is 3.08. The summed E-state index contributed by atoms with van der Waals surface area (Å²) in [7, 11) is 0. The number of carbonyl (C=O) groups is 1. The Hall–Kier alpha value is -0.850. The number of esters is 1. The second-order valence-electron chi connectivity index (χ2n) is 9.34. The predicted molar refractivity (Wildman–Crippen MR) is 155 cm³/mol. The fraction of sp³-hybridized carbons (Fsp3) is 0.967. The van der Waals surface area contributed by atoms with Crippen molar-refractivity contribution in [2.75, 3.05) is 112 Å². The molecule has 10 heteroatoms. The molecule has 0 atom stereocenters. The van der Waals surface area contributed by atoms with Crippen LogP contribution in [0, 0.1) is 0 Å². The minimum Gasteiger partial charge on any atom is -0.463 e. The molecule has 0 spiro atoms. The lowest BCUT2D eigenvalue weighted by atomic mass is 10.1. The van der Waals surface area contributed by atoms with Crippen LogP contribution in [0.5, 0.6) is 0 Å². The minimum atomic E-state index is -0.141. The lowest BCUT2D eigenvalue weighted by molar-refractivity contribution is -0.145. The van der Waals surface area contributed by atoms with Crippen LogP contribution in [-0.2, 0) is 47.4 Å². The van der Waals surface area contributed by atoms with E-state index >= 15 is 0 Å². The number of rotatable bonds is 35. The predicted octanol–water partition coefficient (Wildman–Crippen LogP) is 4.60. The van der Waals surface area contributed by atoms with E-state index in [9.17, 15) is 4.79 Å². The van der Waals surface area contributed by atoms with Gasteiger partial charge in [-0.3, -0.25) is 4.79 Å². The highest BCUT2D eigenvalue weighted by atomic mass is 16.6. The van der Waals surface area contributed by atoms with Gasteiger partial charge in [0, 0.05) is 13.0 Å². The van der Waals surface area contributed by atoms with E-state index in [-0.39, 0.29) is 5.97 Å². The SMILES string of the molecule is CCCCCCCC(=O)OCCOCCOCCOCCOCCOCCOCCOCCOCCCCCC. The van der Waals surface area contributed by atoms with Gasteiger partial charge < -0.3 is 42.6 Å². The Bertz CT molecular complexity index is 481. The van der Waals surface area contributed by atoms with Gasteiger partial charge >= 0.3 is 5.97 Å². The maximum Gasteiger partial charge on any atom is 0.305 e. The summed E-state index contributed by atoms with van der Waals surface area (Å²) < 4.78 is 48.9. The van der Waals surface area contributed by atoms with Gasteiger partial charge in [-0.1, -0.05) is 58.8 Å². The molecule has 0 unspecified atom stereocenters. The van der Waals surface area contributed by atoms with E-state index in [2.05, 4.69) is 13.8 Å². The Kier molecular flexibility index (Phi) is 35.4. The third-order valence-electron chi connectivity index (χ3n) is 5.72. The minimum absolute atomic E-state index is 0.141. The summed E-state index contributed by atoms with van der Waals surface area (Å²) in [5, 5.41) is 0. The van der Waals surface area contributed by atoms with Gasteiger partial charge in [-0.15, -0.1) is 0 Å². The first-order valence-corrected chi connectivity index (χ1v) is 15.6. The molecule has 0 aromatic carbocycles.